The van der Waals surface area contributed by atoms with E-state index in [0.717, 1.165) is 25.1 Å². The number of amides is 2. The van der Waals surface area contributed by atoms with Gasteiger partial charge in [-0.05, 0) is 36.5 Å². The lowest BCUT2D eigenvalue weighted by Crippen LogP contribution is -2.39. The Balaban J connectivity index is 1.75. The van der Waals surface area contributed by atoms with Crippen LogP contribution in [0.25, 0.3) is 0 Å². The summed E-state index contributed by atoms with van der Waals surface area (Å²) in [7, 11) is 0. The van der Waals surface area contributed by atoms with E-state index in [1.807, 2.05) is 4.90 Å². The Labute approximate surface area is 118 Å². The van der Waals surface area contributed by atoms with Crippen molar-refractivity contribution in [1.29, 1.82) is 0 Å². The van der Waals surface area contributed by atoms with Crippen molar-refractivity contribution in [2.75, 3.05) is 19.6 Å². The van der Waals surface area contributed by atoms with Crippen LogP contribution in [0.15, 0.2) is 24.3 Å². The number of nitrogens with zero attached hydrogens (tertiary/aromatic N) is 1. The van der Waals surface area contributed by atoms with E-state index in [4.69, 9.17) is 5.11 Å². The third-order valence-corrected chi connectivity index (χ3v) is 3.60. The monoisotopic (exact) mass is 276 g/mol. The van der Waals surface area contributed by atoms with Crippen molar-refractivity contribution in [2.24, 2.45) is 5.92 Å². The lowest BCUT2D eigenvalue weighted by molar-refractivity contribution is 0.0697. The number of carbonyl (C=O) groups excluding carboxylic acids is 1. The molecule has 5 heteroatoms. The third kappa shape index (κ3) is 3.73. The van der Waals surface area contributed by atoms with Crippen molar-refractivity contribution < 1.29 is 14.7 Å². The number of hydrogen-bond donors (Lipinski definition) is 2. The Bertz CT molecular complexity index is 484. The third-order valence-electron chi connectivity index (χ3n) is 3.60. The molecule has 2 rings (SSSR count). The summed E-state index contributed by atoms with van der Waals surface area (Å²) in [5, 5.41) is 11.7. The average molecular weight is 276 g/mol. The van der Waals surface area contributed by atoms with Crippen LogP contribution in [0.5, 0.6) is 0 Å². The molecule has 1 aliphatic rings. The molecular weight excluding hydrogens is 256 g/mol. The maximum Gasteiger partial charge on any atom is 0.335 e. The van der Waals surface area contributed by atoms with Crippen molar-refractivity contribution >= 4 is 12.0 Å². The van der Waals surface area contributed by atoms with Gasteiger partial charge in [-0.3, -0.25) is 0 Å². The predicted molar refractivity (Wildman–Crippen MR) is 75.9 cm³/mol. The minimum Gasteiger partial charge on any atom is -0.478 e. The molecule has 0 radical (unpaired) electrons. The minimum absolute atomic E-state index is 0.00324. The summed E-state index contributed by atoms with van der Waals surface area (Å²) in [6, 6.07) is 6.74. The number of carboxylic acids is 1. The first-order chi connectivity index (χ1) is 9.56. The van der Waals surface area contributed by atoms with E-state index in [9.17, 15) is 9.59 Å². The van der Waals surface area contributed by atoms with Crippen molar-refractivity contribution in [2.45, 2.75) is 19.8 Å². The smallest absolute Gasteiger partial charge is 0.335 e. The lowest BCUT2D eigenvalue weighted by atomic mass is 10.1. The minimum atomic E-state index is -0.923. The van der Waals surface area contributed by atoms with Crippen LogP contribution in [0.1, 0.15) is 29.3 Å². The van der Waals surface area contributed by atoms with E-state index in [2.05, 4.69) is 12.2 Å². The van der Waals surface area contributed by atoms with Crippen molar-refractivity contribution in [3.8, 4) is 0 Å². The second-order valence-electron chi connectivity index (χ2n) is 5.32. The van der Waals surface area contributed by atoms with Crippen LogP contribution in [-0.2, 0) is 6.42 Å². The highest BCUT2D eigenvalue weighted by molar-refractivity contribution is 5.87. The van der Waals surface area contributed by atoms with Gasteiger partial charge in [0.25, 0.3) is 0 Å². The van der Waals surface area contributed by atoms with Gasteiger partial charge in [0.2, 0.25) is 0 Å². The zero-order chi connectivity index (χ0) is 14.5. The van der Waals surface area contributed by atoms with Gasteiger partial charge in [0, 0.05) is 19.6 Å². The predicted octanol–water partition coefficient (Wildman–Crippen LogP) is 1.98. The average Bonchev–Trinajstić information content (AvgIpc) is 2.86. The Hall–Kier alpha value is -2.04. The van der Waals surface area contributed by atoms with E-state index in [1.54, 1.807) is 24.3 Å². The van der Waals surface area contributed by atoms with Gasteiger partial charge in [-0.1, -0.05) is 19.1 Å². The van der Waals surface area contributed by atoms with Gasteiger partial charge in [-0.2, -0.15) is 0 Å². The zero-order valence-corrected chi connectivity index (χ0v) is 11.6. The molecule has 0 aliphatic carbocycles. The topological polar surface area (TPSA) is 69.6 Å². The number of carbonyl (C=O) groups is 2. The quantitative estimate of drug-likeness (QED) is 0.883. The van der Waals surface area contributed by atoms with Gasteiger partial charge in [0.05, 0.1) is 5.56 Å². The molecule has 0 saturated carbocycles. The van der Waals surface area contributed by atoms with Crippen molar-refractivity contribution in [3.63, 3.8) is 0 Å². The van der Waals surface area contributed by atoms with Crippen molar-refractivity contribution in [1.82, 2.24) is 10.2 Å². The number of hydrogen-bond acceptors (Lipinski definition) is 2. The Morgan fingerprint density at radius 2 is 2.05 bits per heavy atom. The summed E-state index contributed by atoms with van der Waals surface area (Å²) in [5.74, 6) is -0.336. The van der Waals surface area contributed by atoms with Crippen LogP contribution in [-0.4, -0.2) is 41.6 Å². The molecule has 2 amide bonds. The second kappa shape index (κ2) is 6.41. The summed E-state index contributed by atoms with van der Waals surface area (Å²) >= 11 is 0. The lowest BCUT2D eigenvalue weighted by Gasteiger charge is -2.16. The first kappa shape index (κ1) is 14.4. The molecule has 20 heavy (non-hydrogen) atoms. The van der Waals surface area contributed by atoms with E-state index in [1.165, 1.54) is 0 Å². The summed E-state index contributed by atoms with van der Waals surface area (Å²) in [6.07, 6.45) is 1.78. The molecule has 1 heterocycles. The number of likely N-dealkylation sites (tertiary alicyclic amines) is 1. The van der Waals surface area contributed by atoms with Crippen LogP contribution in [0.4, 0.5) is 4.79 Å². The van der Waals surface area contributed by atoms with E-state index < -0.39 is 5.97 Å². The van der Waals surface area contributed by atoms with Gasteiger partial charge in [-0.25, -0.2) is 9.59 Å². The Morgan fingerprint density at radius 1 is 1.35 bits per heavy atom. The van der Waals surface area contributed by atoms with Gasteiger partial charge in [0.15, 0.2) is 0 Å². The molecule has 1 fully saturated rings. The van der Waals surface area contributed by atoms with Crippen molar-refractivity contribution in [3.05, 3.63) is 35.4 Å². The number of rotatable bonds is 4. The van der Waals surface area contributed by atoms with Gasteiger partial charge < -0.3 is 15.3 Å². The van der Waals surface area contributed by atoms with Gasteiger partial charge in [0.1, 0.15) is 0 Å². The molecule has 0 bridgehead atoms. The number of benzene rings is 1. The maximum absolute atomic E-state index is 11.9. The van der Waals surface area contributed by atoms with E-state index in [-0.39, 0.29) is 11.6 Å². The molecule has 108 valence electrons. The fourth-order valence-corrected chi connectivity index (χ4v) is 2.36. The number of urea groups is 1. The highest BCUT2D eigenvalue weighted by Gasteiger charge is 2.22. The van der Waals surface area contributed by atoms with Crippen LogP contribution in [0.2, 0.25) is 0 Å². The molecule has 1 atom stereocenters. The summed E-state index contributed by atoms with van der Waals surface area (Å²) < 4.78 is 0. The number of carboxylic acid groups (broad SMARTS) is 1. The first-order valence-electron chi connectivity index (χ1n) is 6.91. The zero-order valence-electron chi connectivity index (χ0n) is 11.6. The largest absolute Gasteiger partial charge is 0.478 e. The molecule has 1 unspecified atom stereocenters. The SMILES string of the molecule is CC1CCN(C(=O)NCCc2ccc(C(=O)O)cc2)C1. The fourth-order valence-electron chi connectivity index (χ4n) is 2.36. The summed E-state index contributed by atoms with van der Waals surface area (Å²) in [6.45, 7) is 4.38. The van der Waals surface area contributed by atoms with Crippen LogP contribution in [0, 0.1) is 5.92 Å². The highest BCUT2D eigenvalue weighted by Crippen LogP contribution is 2.14. The van der Waals surface area contributed by atoms with Gasteiger partial charge in [-0.15, -0.1) is 0 Å². The number of nitrogens with one attached hydrogen (secondary N) is 1. The maximum atomic E-state index is 11.9. The molecule has 1 aromatic carbocycles. The molecule has 1 aromatic rings. The van der Waals surface area contributed by atoms with E-state index in [0.29, 0.717) is 18.9 Å². The molecule has 1 aliphatic heterocycles. The molecule has 0 aromatic heterocycles. The fraction of sp³-hybridized carbons (Fsp3) is 0.467. The standard InChI is InChI=1S/C15H20N2O3/c1-11-7-9-17(10-11)15(20)16-8-6-12-2-4-13(5-3-12)14(18)19/h2-5,11H,6-10H2,1H3,(H,16,20)(H,18,19). The van der Waals surface area contributed by atoms with E-state index >= 15 is 0 Å². The normalized spacial score (nSPS) is 18.1. The molecule has 0 spiro atoms. The van der Waals surface area contributed by atoms with Crippen LogP contribution < -0.4 is 5.32 Å². The van der Waals surface area contributed by atoms with Crippen LogP contribution >= 0.6 is 0 Å². The first-order valence-corrected chi connectivity index (χ1v) is 6.91. The molecule has 2 N–H and O–H groups in total. The summed E-state index contributed by atoms with van der Waals surface area (Å²) in [5.41, 5.74) is 1.30. The molecule has 5 nitrogen and oxygen atoms in total. The van der Waals surface area contributed by atoms with Gasteiger partial charge >= 0.3 is 12.0 Å². The second-order valence-corrected chi connectivity index (χ2v) is 5.32. The molecular formula is C15H20N2O3. The Morgan fingerprint density at radius 3 is 2.60 bits per heavy atom. The summed E-state index contributed by atoms with van der Waals surface area (Å²) in [4.78, 5) is 24.4. The molecule has 1 saturated heterocycles. The van der Waals surface area contributed by atoms with Crippen LogP contribution in [0.3, 0.4) is 0 Å². The number of aromatic carboxylic acids is 1. The highest BCUT2D eigenvalue weighted by atomic mass is 16.4. The Kier molecular flexibility index (Phi) is 4.61.